The molecule has 55 heavy (non-hydrogen) atoms. The van der Waals surface area contributed by atoms with Gasteiger partial charge >= 0.3 is 6.03 Å². The molecule has 13 heteroatoms. The Labute approximate surface area is 321 Å². The van der Waals surface area contributed by atoms with E-state index in [1.807, 2.05) is 52.2 Å². The molecule has 4 saturated heterocycles. The topological polar surface area (TPSA) is 126 Å². The number of hydrogen-bond donors (Lipinski definition) is 3. The number of nitrogens with zero attached hydrogens (tertiary/aromatic N) is 6. The van der Waals surface area contributed by atoms with Gasteiger partial charge in [0.05, 0.1) is 24.7 Å². The summed E-state index contributed by atoms with van der Waals surface area (Å²) in [4.78, 5) is 48.8. The summed E-state index contributed by atoms with van der Waals surface area (Å²) in [7, 11) is 3.80. The van der Waals surface area contributed by atoms with Gasteiger partial charge in [-0.2, -0.15) is 0 Å². The molecule has 4 amide bonds. The SMILES string of the molecule is C=CCN1CC(=O)N2[C@H](CN(Cc3cccc4c(-c5ccc(NC(=O)N6CC(N7CCC(OC)CC7)C6)cc5)cn(C)c34)C(=O)[C@@H]2Cc2ccc(O)cc2)N1. The van der Waals surface area contributed by atoms with Crippen molar-refractivity contribution in [3.8, 4) is 16.9 Å². The summed E-state index contributed by atoms with van der Waals surface area (Å²) in [5.74, 6) is -0.0659. The number of phenols is 1. The third-order valence-electron chi connectivity index (χ3n) is 11.7. The van der Waals surface area contributed by atoms with Gasteiger partial charge in [0, 0.05) is 88.7 Å². The number of carbonyl (C=O) groups excluding carboxylic acids is 3. The van der Waals surface area contributed by atoms with E-state index in [2.05, 4.69) is 45.1 Å². The predicted octanol–water partition coefficient (Wildman–Crippen LogP) is 3.99. The van der Waals surface area contributed by atoms with Gasteiger partial charge in [0.1, 0.15) is 18.0 Å². The standard InChI is InChI=1S/C42H50N8O5/c1-4-18-49-27-39(52)50-37(21-28-8-14-33(51)15-9-28)41(53)47(26-38(50)44-49)22-30-6-5-7-35-36(25-45(2)40(30)35)29-10-12-31(13-11-29)43-42(54)48-23-32(24-48)46-19-16-34(55-3)17-20-46/h4-15,25,32,34,37-38,44,51H,1,16-24,26-27H2,2-3H3,(H,43,54)/t37-,38+/m0/s1. The molecule has 13 nitrogen and oxygen atoms in total. The molecule has 0 unspecified atom stereocenters. The number of piperazine rings is 1. The molecule has 4 aliphatic heterocycles. The van der Waals surface area contributed by atoms with Crippen LogP contribution in [0, 0.1) is 0 Å². The number of fused-ring (bicyclic) bond motifs is 2. The molecule has 3 N–H and O–H groups in total. The fraction of sp³-hybridized carbons (Fsp3) is 0.405. The molecule has 4 aromatic rings. The van der Waals surface area contributed by atoms with E-state index in [-0.39, 0.29) is 30.1 Å². The van der Waals surface area contributed by atoms with Crippen molar-refractivity contribution in [1.29, 1.82) is 0 Å². The summed E-state index contributed by atoms with van der Waals surface area (Å²) in [6.07, 6.45) is 6.24. The molecule has 288 valence electrons. The Morgan fingerprint density at radius 2 is 1.76 bits per heavy atom. The molecule has 5 heterocycles. The highest BCUT2D eigenvalue weighted by molar-refractivity contribution is 5.99. The summed E-state index contributed by atoms with van der Waals surface area (Å²) in [5, 5.41) is 15.8. The number of methoxy groups -OCH3 is 1. The number of nitrogens with one attached hydrogen (secondary N) is 2. The van der Waals surface area contributed by atoms with E-state index in [0.717, 1.165) is 77.9 Å². The molecule has 0 saturated carbocycles. The number of aryl methyl sites for hydroxylation is 1. The van der Waals surface area contributed by atoms with E-state index in [9.17, 15) is 19.5 Å². The van der Waals surface area contributed by atoms with Gasteiger partial charge in [-0.05, 0) is 53.8 Å². The number of ether oxygens (including phenoxy) is 1. The van der Waals surface area contributed by atoms with Crippen LogP contribution >= 0.6 is 0 Å². The van der Waals surface area contributed by atoms with E-state index in [4.69, 9.17) is 4.74 Å². The molecule has 0 aliphatic carbocycles. The molecule has 0 spiro atoms. The van der Waals surface area contributed by atoms with Crippen LogP contribution in [0.1, 0.15) is 24.0 Å². The van der Waals surface area contributed by atoms with Crippen LogP contribution in [-0.2, 0) is 34.3 Å². The van der Waals surface area contributed by atoms with E-state index in [1.165, 1.54) is 0 Å². The number of aromatic nitrogens is 1. The van der Waals surface area contributed by atoms with Crippen molar-refractivity contribution in [2.75, 3.05) is 58.2 Å². The summed E-state index contributed by atoms with van der Waals surface area (Å²) in [6.45, 7) is 8.69. The molecule has 4 aliphatic rings. The van der Waals surface area contributed by atoms with Crippen molar-refractivity contribution in [1.82, 2.24) is 34.6 Å². The lowest BCUT2D eigenvalue weighted by molar-refractivity contribution is -0.168. The van der Waals surface area contributed by atoms with Crippen LogP contribution in [-0.4, -0.2) is 129 Å². The first-order valence-electron chi connectivity index (χ1n) is 19.2. The van der Waals surface area contributed by atoms with Crippen molar-refractivity contribution in [3.63, 3.8) is 0 Å². The number of rotatable bonds is 10. The predicted molar refractivity (Wildman–Crippen MR) is 211 cm³/mol. The van der Waals surface area contributed by atoms with E-state index >= 15 is 0 Å². The normalized spacial score (nSPS) is 21.5. The summed E-state index contributed by atoms with van der Waals surface area (Å²) >= 11 is 0. The lowest BCUT2D eigenvalue weighted by Gasteiger charge is -2.50. The Morgan fingerprint density at radius 3 is 2.47 bits per heavy atom. The van der Waals surface area contributed by atoms with E-state index in [0.29, 0.717) is 38.2 Å². The first-order chi connectivity index (χ1) is 26.7. The van der Waals surface area contributed by atoms with E-state index in [1.54, 1.807) is 42.4 Å². The number of hydrazine groups is 1. The Hall–Kier alpha value is -5.21. The van der Waals surface area contributed by atoms with Crippen LogP contribution in [0.4, 0.5) is 10.5 Å². The summed E-state index contributed by atoms with van der Waals surface area (Å²) in [6, 6.07) is 20.6. The number of urea groups is 1. The molecular formula is C42H50N8O5. The number of hydrogen-bond acceptors (Lipinski definition) is 8. The maximum absolute atomic E-state index is 14.3. The first kappa shape index (κ1) is 36.8. The number of benzene rings is 3. The minimum atomic E-state index is -0.697. The molecule has 4 fully saturated rings. The highest BCUT2D eigenvalue weighted by Gasteiger charge is 2.46. The van der Waals surface area contributed by atoms with Crippen LogP contribution in [0.2, 0.25) is 0 Å². The van der Waals surface area contributed by atoms with Gasteiger partial charge in [0.15, 0.2) is 0 Å². The second-order valence-electron chi connectivity index (χ2n) is 15.2. The van der Waals surface area contributed by atoms with Crippen LogP contribution < -0.4 is 10.7 Å². The van der Waals surface area contributed by atoms with Crippen LogP contribution in [0.3, 0.4) is 0 Å². The van der Waals surface area contributed by atoms with Crippen molar-refractivity contribution in [2.45, 2.75) is 50.2 Å². The maximum Gasteiger partial charge on any atom is 0.321 e. The van der Waals surface area contributed by atoms with Gasteiger partial charge in [-0.3, -0.25) is 14.5 Å². The number of amides is 4. The lowest BCUT2D eigenvalue weighted by atomic mass is 9.98. The quantitative estimate of drug-likeness (QED) is 0.208. The largest absolute Gasteiger partial charge is 0.508 e. The fourth-order valence-electron chi connectivity index (χ4n) is 8.72. The molecular weight excluding hydrogens is 697 g/mol. The minimum absolute atomic E-state index is 0.0764. The Balaban J connectivity index is 0.969. The molecule has 1 aromatic heterocycles. The van der Waals surface area contributed by atoms with Gasteiger partial charge < -0.3 is 34.4 Å². The first-order valence-corrected chi connectivity index (χ1v) is 19.2. The third kappa shape index (κ3) is 7.44. The molecule has 0 radical (unpaired) electrons. The molecule has 0 bridgehead atoms. The smallest absolute Gasteiger partial charge is 0.321 e. The van der Waals surface area contributed by atoms with Gasteiger partial charge in [-0.15, -0.1) is 6.58 Å². The zero-order chi connectivity index (χ0) is 38.2. The zero-order valence-corrected chi connectivity index (χ0v) is 31.6. The van der Waals surface area contributed by atoms with Crippen molar-refractivity contribution >= 4 is 34.4 Å². The van der Waals surface area contributed by atoms with Gasteiger partial charge in [0.25, 0.3) is 0 Å². The monoisotopic (exact) mass is 746 g/mol. The van der Waals surface area contributed by atoms with Gasteiger partial charge in [-0.1, -0.05) is 48.5 Å². The second-order valence-corrected chi connectivity index (χ2v) is 15.2. The number of anilines is 1. The lowest BCUT2D eigenvalue weighted by Crippen LogP contribution is -2.74. The molecule has 3 aromatic carbocycles. The third-order valence-corrected chi connectivity index (χ3v) is 11.7. The van der Waals surface area contributed by atoms with Crippen LogP contribution in [0.5, 0.6) is 5.75 Å². The molecule has 2 atom stereocenters. The molecule has 8 rings (SSSR count). The summed E-state index contributed by atoms with van der Waals surface area (Å²) in [5.41, 5.74) is 9.18. The average molecular weight is 747 g/mol. The van der Waals surface area contributed by atoms with Crippen LogP contribution in [0.25, 0.3) is 22.0 Å². The van der Waals surface area contributed by atoms with Crippen LogP contribution in [0.15, 0.2) is 85.6 Å². The number of para-hydroxylation sites is 1. The zero-order valence-electron chi connectivity index (χ0n) is 31.6. The van der Waals surface area contributed by atoms with Crippen molar-refractivity contribution in [2.24, 2.45) is 7.05 Å². The van der Waals surface area contributed by atoms with E-state index < -0.39 is 12.2 Å². The Bertz CT molecular complexity index is 2050. The number of carbonyl (C=O) groups is 3. The highest BCUT2D eigenvalue weighted by Crippen LogP contribution is 2.34. The summed E-state index contributed by atoms with van der Waals surface area (Å²) < 4.78 is 7.61. The number of phenolic OH excluding ortho intramolecular Hbond substituents is 1. The number of likely N-dealkylation sites (tertiary alicyclic amines) is 2. The number of piperidine rings is 1. The Kier molecular flexibility index (Phi) is 10.4. The minimum Gasteiger partial charge on any atom is -0.508 e. The fourth-order valence-corrected chi connectivity index (χ4v) is 8.72. The van der Waals surface area contributed by atoms with Crippen molar-refractivity contribution < 1.29 is 24.2 Å². The van der Waals surface area contributed by atoms with Crippen molar-refractivity contribution in [3.05, 3.63) is 96.7 Å². The highest BCUT2D eigenvalue weighted by atomic mass is 16.5. The van der Waals surface area contributed by atoms with Gasteiger partial charge in [0.2, 0.25) is 11.8 Å². The number of aromatic hydroxyl groups is 1. The van der Waals surface area contributed by atoms with Gasteiger partial charge in [-0.25, -0.2) is 15.2 Å². The average Bonchev–Trinajstić information content (AvgIpc) is 3.51. The second kappa shape index (κ2) is 15.5. The maximum atomic E-state index is 14.3. The Morgan fingerprint density at radius 1 is 1.02 bits per heavy atom.